The summed E-state index contributed by atoms with van der Waals surface area (Å²) in [5.74, 6) is 0.409. The van der Waals surface area contributed by atoms with E-state index in [1.807, 2.05) is 18.2 Å². The maximum atomic E-state index is 12.2. The molecule has 0 bridgehead atoms. The van der Waals surface area contributed by atoms with E-state index in [1.165, 1.54) is 0 Å². The molecule has 26 heavy (non-hydrogen) atoms. The first-order valence-electron chi connectivity index (χ1n) is 8.75. The number of nitriles is 1. The van der Waals surface area contributed by atoms with Gasteiger partial charge < -0.3 is 14.0 Å². The number of rotatable bonds is 5. The molecule has 1 fully saturated rings. The Morgan fingerprint density at radius 3 is 2.38 bits per heavy atom. The van der Waals surface area contributed by atoms with Crippen LogP contribution in [0.25, 0.3) is 0 Å². The second kappa shape index (κ2) is 8.66. The summed E-state index contributed by atoms with van der Waals surface area (Å²) in [4.78, 5) is 12.2. The lowest BCUT2D eigenvalue weighted by Crippen LogP contribution is -2.44. The molecule has 1 aliphatic rings. The van der Waals surface area contributed by atoms with Crippen molar-refractivity contribution in [3.05, 3.63) is 59.7 Å². The Hall–Kier alpha value is -2.62. The smallest absolute Gasteiger partial charge is 0.423 e. The first-order valence-corrected chi connectivity index (χ1v) is 8.75. The molecule has 0 radical (unpaired) electrons. The second-order valence-corrected chi connectivity index (χ2v) is 6.30. The van der Waals surface area contributed by atoms with Gasteiger partial charge in [-0.25, -0.2) is 4.79 Å². The van der Waals surface area contributed by atoms with Gasteiger partial charge in [-0.3, -0.25) is 0 Å². The van der Waals surface area contributed by atoms with Crippen molar-refractivity contribution in [1.82, 2.24) is 0 Å². The number of benzene rings is 2. The maximum Gasteiger partial charge on any atom is 0.493 e. The van der Waals surface area contributed by atoms with Gasteiger partial charge in [-0.2, -0.15) is 5.26 Å². The van der Waals surface area contributed by atoms with Crippen molar-refractivity contribution in [1.29, 1.82) is 5.26 Å². The maximum absolute atomic E-state index is 12.2. The number of esters is 1. The molecule has 0 aromatic heterocycles. The average molecular weight is 349 g/mol. The lowest BCUT2D eigenvalue weighted by atomic mass is 9.77. The van der Waals surface area contributed by atoms with Gasteiger partial charge in [-0.15, -0.1) is 0 Å². The summed E-state index contributed by atoms with van der Waals surface area (Å²) in [6.07, 6.45) is 2.23. The van der Waals surface area contributed by atoms with Crippen LogP contribution >= 0.6 is 0 Å². The van der Waals surface area contributed by atoms with E-state index in [0.717, 1.165) is 18.3 Å². The molecule has 1 aliphatic heterocycles. The van der Waals surface area contributed by atoms with Crippen molar-refractivity contribution in [2.45, 2.75) is 19.8 Å². The zero-order valence-electron chi connectivity index (χ0n) is 14.7. The Kier molecular flexibility index (Phi) is 6.06. The Bertz CT molecular complexity index is 775. The average Bonchev–Trinajstić information content (AvgIpc) is 2.69. The Morgan fingerprint density at radius 1 is 1.15 bits per heavy atom. The molecule has 5 nitrogen and oxygen atoms in total. The highest BCUT2D eigenvalue weighted by Crippen LogP contribution is 2.16. The molecule has 0 aliphatic carbocycles. The van der Waals surface area contributed by atoms with E-state index in [-0.39, 0.29) is 7.12 Å². The largest absolute Gasteiger partial charge is 0.493 e. The quantitative estimate of drug-likeness (QED) is 0.472. The van der Waals surface area contributed by atoms with Gasteiger partial charge in [-0.1, -0.05) is 25.5 Å². The van der Waals surface area contributed by atoms with Gasteiger partial charge in [0.25, 0.3) is 0 Å². The topological polar surface area (TPSA) is 68.5 Å². The van der Waals surface area contributed by atoms with Crippen molar-refractivity contribution in [3.8, 4) is 11.8 Å². The fraction of sp³-hybridized carbons (Fsp3) is 0.300. The summed E-state index contributed by atoms with van der Waals surface area (Å²) in [7, 11) is -0.383. The zero-order valence-corrected chi connectivity index (χ0v) is 14.7. The predicted molar refractivity (Wildman–Crippen MR) is 98.2 cm³/mol. The number of ether oxygens (including phenoxy) is 1. The van der Waals surface area contributed by atoms with Crippen LogP contribution in [-0.4, -0.2) is 26.3 Å². The number of carbonyl (C=O) groups excluding carboxylic acids is 1. The van der Waals surface area contributed by atoms with Crippen LogP contribution in [0.3, 0.4) is 0 Å². The molecule has 1 saturated heterocycles. The summed E-state index contributed by atoms with van der Waals surface area (Å²) >= 11 is 0. The molecular weight excluding hydrogens is 329 g/mol. The summed E-state index contributed by atoms with van der Waals surface area (Å²) in [5, 5.41) is 8.78. The summed E-state index contributed by atoms with van der Waals surface area (Å²) in [5.41, 5.74) is 1.84. The van der Waals surface area contributed by atoms with E-state index >= 15 is 0 Å². The van der Waals surface area contributed by atoms with E-state index in [2.05, 4.69) is 6.92 Å². The summed E-state index contributed by atoms with van der Waals surface area (Å²) < 4.78 is 16.9. The van der Waals surface area contributed by atoms with Crippen LogP contribution in [0, 0.1) is 17.2 Å². The molecule has 0 unspecified atom stereocenters. The molecule has 0 atom stereocenters. The van der Waals surface area contributed by atoms with E-state index < -0.39 is 5.97 Å². The van der Waals surface area contributed by atoms with Gasteiger partial charge in [0.15, 0.2) is 0 Å². The minimum Gasteiger partial charge on any atom is -0.423 e. The van der Waals surface area contributed by atoms with Gasteiger partial charge in [-0.05, 0) is 48.3 Å². The van der Waals surface area contributed by atoms with Crippen molar-refractivity contribution < 1.29 is 18.8 Å². The summed E-state index contributed by atoms with van der Waals surface area (Å²) in [6.45, 7) is 3.55. The molecule has 0 saturated carbocycles. The monoisotopic (exact) mass is 349 g/mol. The molecule has 0 amide bonds. The van der Waals surface area contributed by atoms with Crippen LogP contribution in [0.5, 0.6) is 5.75 Å². The third-order valence-corrected chi connectivity index (χ3v) is 4.28. The van der Waals surface area contributed by atoms with Gasteiger partial charge in [0, 0.05) is 19.1 Å². The molecule has 3 rings (SSSR count). The first-order chi connectivity index (χ1) is 12.7. The molecule has 6 heteroatoms. The van der Waals surface area contributed by atoms with E-state index in [9.17, 15) is 4.79 Å². The highest BCUT2D eigenvalue weighted by molar-refractivity contribution is 6.61. The van der Waals surface area contributed by atoms with Crippen LogP contribution in [0.4, 0.5) is 0 Å². The minimum atomic E-state index is -0.449. The summed E-state index contributed by atoms with van der Waals surface area (Å²) in [6, 6.07) is 15.5. The van der Waals surface area contributed by atoms with Gasteiger partial charge in [0.2, 0.25) is 0 Å². The molecule has 132 valence electrons. The fourth-order valence-electron chi connectivity index (χ4n) is 2.85. The van der Waals surface area contributed by atoms with Crippen LogP contribution in [0.15, 0.2) is 48.5 Å². The van der Waals surface area contributed by atoms with Crippen LogP contribution in [-0.2, 0) is 9.31 Å². The number of carbonyl (C=O) groups is 1. The van der Waals surface area contributed by atoms with Crippen LogP contribution in [0.1, 0.15) is 35.7 Å². The Morgan fingerprint density at radius 2 is 1.81 bits per heavy atom. The number of nitrogens with zero attached hydrogens (tertiary/aromatic N) is 1. The minimum absolute atomic E-state index is 0.383. The SMILES string of the molecule is CCCC1COB(c2ccc(C(=O)Oc3ccc(C#N)cc3)cc2)OC1. The van der Waals surface area contributed by atoms with Gasteiger partial charge in [0.05, 0.1) is 17.2 Å². The van der Waals surface area contributed by atoms with Crippen molar-refractivity contribution in [3.63, 3.8) is 0 Å². The highest BCUT2D eigenvalue weighted by atomic mass is 16.6. The third kappa shape index (κ3) is 4.51. The van der Waals surface area contributed by atoms with E-state index in [4.69, 9.17) is 19.3 Å². The second-order valence-electron chi connectivity index (χ2n) is 6.30. The molecular formula is C20H20BNO4. The number of hydrogen-bond acceptors (Lipinski definition) is 5. The number of hydrogen-bond donors (Lipinski definition) is 0. The van der Waals surface area contributed by atoms with E-state index in [1.54, 1.807) is 36.4 Å². The fourth-order valence-corrected chi connectivity index (χ4v) is 2.85. The van der Waals surface area contributed by atoms with Gasteiger partial charge in [0.1, 0.15) is 5.75 Å². The lowest BCUT2D eigenvalue weighted by molar-refractivity contribution is 0.0734. The van der Waals surface area contributed by atoms with Crippen molar-refractivity contribution >= 4 is 18.6 Å². The molecule has 2 aromatic carbocycles. The first kappa shape index (κ1) is 18.2. The zero-order chi connectivity index (χ0) is 18.4. The van der Waals surface area contributed by atoms with Crippen LogP contribution < -0.4 is 10.2 Å². The normalized spacial score (nSPS) is 14.7. The Labute approximate surface area is 153 Å². The molecule has 2 aromatic rings. The standard InChI is InChI=1S/C20H20BNO4/c1-2-3-16-13-24-21(25-14-16)18-8-6-17(7-9-18)20(23)26-19-10-4-15(12-22)5-11-19/h4-11,16H,2-3,13-14H2,1H3. The molecule has 0 N–H and O–H groups in total. The third-order valence-electron chi connectivity index (χ3n) is 4.28. The molecule has 1 heterocycles. The van der Waals surface area contributed by atoms with Crippen molar-refractivity contribution in [2.75, 3.05) is 13.2 Å². The van der Waals surface area contributed by atoms with Gasteiger partial charge >= 0.3 is 13.1 Å². The predicted octanol–water partition coefficient (Wildman–Crippen LogP) is 2.94. The highest BCUT2D eigenvalue weighted by Gasteiger charge is 2.28. The van der Waals surface area contributed by atoms with Crippen molar-refractivity contribution in [2.24, 2.45) is 5.92 Å². The molecule has 0 spiro atoms. The van der Waals surface area contributed by atoms with Crippen LogP contribution in [0.2, 0.25) is 0 Å². The van der Waals surface area contributed by atoms with E-state index in [0.29, 0.717) is 36.0 Å². The Balaban J connectivity index is 1.58. The lowest BCUT2D eigenvalue weighted by Gasteiger charge is -2.27.